The van der Waals surface area contributed by atoms with Gasteiger partial charge in [0.2, 0.25) is 0 Å². The van der Waals surface area contributed by atoms with Gasteiger partial charge < -0.3 is 10.5 Å². The minimum Gasteiger partial charge on any atom is -0.411 e. The third kappa shape index (κ3) is 0.816. The van der Waals surface area contributed by atoms with Gasteiger partial charge in [0.1, 0.15) is 0 Å². The summed E-state index contributed by atoms with van der Waals surface area (Å²) in [6, 6.07) is 0. The average Bonchev–Trinajstić information content (AvgIpc) is 1.62. The van der Waals surface area contributed by atoms with Gasteiger partial charge in [-0.05, 0) is 6.92 Å². The first-order chi connectivity index (χ1) is 3.84. The highest BCUT2D eigenvalue weighted by molar-refractivity contribution is 5.84. The molecule has 1 heterocycles. The van der Waals surface area contributed by atoms with E-state index in [0.29, 0.717) is 5.92 Å². The highest BCUT2D eigenvalue weighted by atomic mass is 16.4. The number of rotatable bonds is 1. The first-order valence-electron chi connectivity index (χ1n) is 2.74. The molecule has 0 aromatic heterocycles. The molecule has 1 aliphatic rings. The Balaban J connectivity index is 2.34. The van der Waals surface area contributed by atoms with E-state index in [-0.39, 0.29) is 0 Å². The molecule has 0 aromatic carbocycles. The second kappa shape index (κ2) is 2.13. The standard InChI is InChI=1S/C5H10N2O/c1-4(7-8)5-2-6-3-5/h5-6,8H,2-3H2,1H3. The lowest BCUT2D eigenvalue weighted by molar-refractivity contribution is 0.308. The first kappa shape index (κ1) is 5.56. The van der Waals surface area contributed by atoms with E-state index in [1.54, 1.807) is 0 Å². The van der Waals surface area contributed by atoms with Crippen molar-refractivity contribution in [3.8, 4) is 0 Å². The molecule has 0 aromatic rings. The molecular weight excluding hydrogens is 104 g/mol. The molecule has 0 spiro atoms. The van der Waals surface area contributed by atoms with Crippen LogP contribution < -0.4 is 5.32 Å². The monoisotopic (exact) mass is 114 g/mol. The van der Waals surface area contributed by atoms with Crippen LogP contribution in [0.25, 0.3) is 0 Å². The zero-order chi connectivity index (χ0) is 5.98. The Morgan fingerprint density at radius 3 is 2.50 bits per heavy atom. The van der Waals surface area contributed by atoms with E-state index in [2.05, 4.69) is 10.5 Å². The van der Waals surface area contributed by atoms with Crippen molar-refractivity contribution in [1.82, 2.24) is 5.32 Å². The predicted molar refractivity (Wildman–Crippen MR) is 31.3 cm³/mol. The maximum atomic E-state index is 8.23. The second-order valence-electron chi connectivity index (χ2n) is 2.10. The van der Waals surface area contributed by atoms with E-state index in [1.165, 1.54) is 0 Å². The van der Waals surface area contributed by atoms with Crippen molar-refractivity contribution in [2.45, 2.75) is 6.92 Å². The van der Waals surface area contributed by atoms with Crippen molar-refractivity contribution < 1.29 is 5.21 Å². The smallest absolute Gasteiger partial charge is 0.0596 e. The highest BCUT2D eigenvalue weighted by Gasteiger charge is 2.19. The summed E-state index contributed by atoms with van der Waals surface area (Å²) in [5, 5.41) is 14.4. The second-order valence-corrected chi connectivity index (χ2v) is 2.10. The molecule has 0 radical (unpaired) electrons. The van der Waals surface area contributed by atoms with Crippen LogP contribution in [0, 0.1) is 5.92 Å². The molecule has 8 heavy (non-hydrogen) atoms. The fraction of sp³-hybridized carbons (Fsp3) is 0.800. The van der Waals surface area contributed by atoms with Crippen molar-refractivity contribution in [2.75, 3.05) is 13.1 Å². The fourth-order valence-electron chi connectivity index (χ4n) is 0.666. The van der Waals surface area contributed by atoms with Crippen molar-refractivity contribution in [3.63, 3.8) is 0 Å². The van der Waals surface area contributed by atoms with Gasteiger partial charge in [0.25, 0.3) is 0 Å². The van der Waals surface area contributed by atoms with E-state index < -0.39 is 0 Å². The molecule has 0 bridgehead atoms. The van der Waals surface area contributed by atoms with Crippen LogP contribution in [0.3, 0.4) is 0 Å². The molecule has 0 amide bonds. The Morgan fingerprint density at radius 2 is 2.38 bits per heavy atom. The topological polar surface area (TPSA) is 44.6 Å². The SMILES string of the molecule is CC(=NO)C1CNC1. The summed E-state index contributed by atoms with van der Waals surface area (Å²) < 4.78 is 0. The van der Waals surface area contributed by atoms with E-state index in [9.17, 15) is 0 Å². The molecule has 2 N–H and O–H groups in total. The van der Waals surface area contributed by atoms with Crippen LogP contribution in [0.4, 0.5) is 0 Å². The number of nitrogens with zero attached hydrogens (tertiary/aromatic N) is 1. The number of hydrogen-bond donors (Lipinski definition) is 2. The molecule has 3 nitrogen and oxygen atoms in total. The maximum Gasteiger partial charge on any atom is 0.0596 e. The van der Waals surface area contributed by atoms with Crippen molar-refractivity contribution in [3.05, 3.63) is 0 Å². The van der Waals surface area contributed by atoms with E-state index in [0.717, 1.165) is 18.8 Å². The Kier molecular flexibility index (Phi) is 1.48. The summed E-state index contributed by atoms with van der Waals surface area (Å²) in [5.74, 6) is 0.486. The van der Waals surface area contributed by atoms with E-state index in [1.807, 2.05) is 6.92 Å². The van der Waals surface area contributed by atoms with Crippen molar-refractivity contribution in [1.29, 1.82) is 0 Å². The summed E-state index contributed by atoms with van der Waals surface area (Å²) >= 11 is 0. The lowest BCUT2D eigenvalue weighted by Gasteiger charge is -2.25. The molecule has 0 aliphatic carbocycles. The lowest BCUT2D eigenvalue weighted by Crippen LogP contribution is -2.45. The Labute approximate surface area is 48.4 Å². The van der Waals surface area contributed by atoms with Crippen molar-refractivity contribution in [2.24, 2.45) is 11.1 Å². The van der Waals surface area contributed by atoms with Crippen LogP contribution in [-0.2, 0) is 0 Å². The Hall–Kier alpha value is -0.570. The zero-order valence-corrected chi connectivity index (χ0v) is 4.89. The van der Waals surface area contributed by atoms with Gasteiger partial charge in [-0.1, -0.05) is 5.16 Å². The van der Waals surface area contributed by atoms with Crippen LogP contribution in [-0.4, -0.2) is 24.0 Å². The van der Waals surface area contributed by atoms with Gasteiger partial charge >= 0.3 is 0 Å². The zero-order valence-electron chi connectivity index (χ0n) is 4.89. The van der Waals surface area contributed by atoms with Gasteiger partial charge in [0.15, 0.2) is 0 Å². The normalized spacial score (nSPS) is 22.9. The van der Waals surface area contributed by atoms with Crippen LogP contribution in [0.15, 0.2) is 5.16 Å². The van der Waals surface area contributed by atoms with Gasteiger partial charge in [-0.2, -0.15) is 0 Å². The van der Waals surface area contributed by atoms with Gasteiger partial charge in [-0.3, -0.25) is 0 Å². The molecule has 0 saturated carbocycles. The molecule has 3 heteroatoms. The molecule has 46 valence electrons. The van der Waals surface area contributed by atoms with Crippen molar-refractivity contribution >= 4 is 5.71 Å². The molecule has 0 atom stereocenters. The summed E-state index contributed by atoms with van der Waals surface area (Å²) in [6.45, 7) is 3.78. The van der Waals surface area contributed by atoms with Gasteiger partial charge in [-0.15, -0.1) is 0 Å². The van der Waals surface area contributed by atoms with Crippen LogP contribution in [0.2, 0.25) is 0 Å². The maximum absolute atomic E-state index is 8.23. The fourth-order valence-corrected chi connectivity index (χ4v) is 0.666. The highest BCUT2D eigenvalue weighted by Crippen LogP contribution is 2.03. The summed E-state index contributed by atoms with van der Waals surface area (Å²) in [7, 11) is 0. The minimum absolute atomic E-state index is 0.486. The third-order valence-corrected chi connectivity index (χ3v) is 1.53. The summed E-state index contributed by atoms with van der Waals surface area (Å²) in [4.78, 5) is 0. The summed E-state index contributed by atoms with van der Waals surface area (Å²) in [6.07, 6.45) is 0. The van der Waals surface area contributed by atoms with Crippen LogP contribution in [0.5, 0.6) is 0 Å². The molecule has 1 rings (SSSR count). The van der Waals surface area contributed by atoms with Gasteiger partial charge in [-0.25, -0.2) is 0 Å². The van der Waals surface area contributed by atoms with Crippen LogP contribution >= 0.6 is 0 Å². The Bertz CT molecular complexity index is 107. The molecule has 1 aliphatic heterocycles. The Morgan fingerprint density at radius 1 is 1.75 bits per heavy atom. The number of oxime groups is 1. The quantitative estimate of drug-likeness (QED) is 0.287. The number of hydrogen-bond acceptors (Lipinski definition) is 3. The first-order valence-corrected chi connectivity index (χ1v) is 2.74. The molecule has 1 fully saturated rings. The van der Waals surface area contributed by atoms with Gasteiger partial charge in [0, 0.05) is 19.0 Å². The largest absolute Gasteiger partial charge is 0.411 e. The third-order valence-electron chi connectivity index (χ3n) is 1.53. The van der Waals surface area contributed by atoms with E-state index >= 15 is 0 Å². The molecule has 1 saturated heterocycles. The summed E-state index contributed by atoms with van der Waals surface area (Å²) in [5.41, 5.74) is 0.837. The molecule has 0 unspecified atom stereocenters. The number of nitrogens with one attached hydrogen (secondary N) is 1. The van der Waals surface area contributed by atoms with Gasteiger partial charge in [0.05, 0.1) is 5.71 Å². The van der Waals surface area contributed by atoms with Crippen LogP contribution in [0.1, 0.15) is 6.92 Å². The molecular formula is C5H10N2O. The lowest BCUT2D eigenvalue weighted by atomic mass is 9.99. The predicted octanol–water partition coefficient (Wildman–Crippen LogP) is 0.0559. The average molecular weight is 114 g/mol. The minimum atomic E-state index is 0.486. The van der Waals surface area contributed by atoms with E-state index in [4.69, 9.17) is 5.21 Å².